The van der Waals surface area contributed by atoms with Crippen LogP contribution in [0.15, 0.2) is 24.3 Å². The number of rotatable bonds is 4. The Bertz CT molecular complexity index is 487. The van der Waals surface area contributed by atoms with Gasteiger partial charge in [0.05, 0.1) is 6.54 Å². The Morgan fingerprint density at radius 3 is 2.14 bits per heavy atom. The van der Waals surface area contributed by atoms with Crippen molar-refractivity contribution >= 4 is 17.6 Å². The highest BCUT2D eigenvalue weighted by molar-refractivity contribution is 5.94. The van der Waals surface area contributed by atoms with Crippen LogP contribution in [-0.4, -0.2) is 24.5 Å². The summed E-state index contributed by atoms with van der Waals surface area (Å²) in [7, 11) is 0. The van der Waals surface area contributed by atoms with Gasteiger partial charge in [-0.15, -0.1) is 0 Å². The van der Waals surface area contributed by atoms with Gasteiger partial charge in [-0.05, 0) is 37.0 Å². The minimum absolute atomic E-state index is 0.0398. The summed E-state index contributed by atoms with van der Waals surface area (Å²) in [4.78, 5) is 23.1. The second kappa shape index (κ2) is 7.11. The molecular weight excluding hydrogens is 266 g/mol. The first-order valence-electron chi connectivity index (χ1n) is 7.13. The lowest BCUT2D eigenvalue weighted by Crippen LogP contribution is -2.42. The molecule has 0 aliphatic carbocycles. The van der Waals surface area contributed by atoms with E-state index in [4.69, 9.17) is 0 Å². The minimum atomic E-state index is -0.344. The van der Waals surface area contributed by atoms with Gasteiger partial charge in [0.25, 0.3) is 0 Å². The van der Waals surface area contributed by atoms with Crippen molar-refractivity contribution in [3.63, 3.8) is 0 Å². The van der Waals surface area contributed by atoms with Crippen LogP contribution < -0.4 is 16.0 Å². The van der Waals surface area contributed by atoms with Crippen LogP contribution in [0.4, 0.5) is 10.5 Å². The van der Waals surface area contributed by atoms with Gasteiger partial charge < -0.3 is 16.0 Å². The molecule has 0 unspecified atom stereocenters. The van der Waals surface area contributed by atoms with Gasteiger partial charge in [-0.25, -0.2) is 4.79 Å². The molecule has 5 heteroatoms. The Hall–Kier alpha value is -2.04. The van der Waals surface area contributed by atoms with Crippen LogP contribution >= 0.6 is 0 Å². The van der Waals surface area contributed by atoms with Gasteiger partial charge in [-0.3, -0.25) is 4.79 Å². The van der Waals surface area contributed by atoms with Crippen molar-refractivity contribution in [1.29, 1.82) is 0 Å². The van der Waals surface area contributed by atoms with Crippen molar-refractivity contribution < 1.29 is 9.59 Å². The smallest absolute Gasteiger partial charge is 0.315 e. The number of hydrogen-bond donors (Lipinski definition) is 3. The first-order chi connectivity index (χ1) is 9.68. The summed E-state index contributed by atoms with van der Waals surface area (Å²) in [5.74, 6) is -0.252. The molecule has 0 heterocycles. The van der Waals surface area contributed by atoms with E-state index in [-0.39, 0.29) is 29.9 Å². The maximum absolute atomic E-state index is 11.7. The van der Waals surface area contributed by atoms with Crippen LogP contribution in [0.5, 0.6) is 0 Å². The molecule has 0 aliphatic heterocycles. The normalized spacial score (nSPS) is 11.1. The molecule has 1 aromatic carbocycles. The van der Waals surface area contributed by atoms with Gasteiger partial charge in [0.2, 0.25) is 5.91 Å². The van der Waals surface area contributed by atoms with E-state index in [9.17, 15) is 9.59 Å². The topological polar surface area (TPSA) is 70.2 Å². The van der Waals surface area contributed by atoms with E-state index in [1.807, 2.05) is 38.1 Å². The Morgan fingerprint density at radius 2 is 1.67 bits per heavy atom. The highest BCUT2D eigenvalue weighted by Gasteiger charge is 2.13. The molecule has 3 amide bonds. The van der Waals surface area contributed by atoms with E-state index >= 15 is 0 Å². The first kappa shape index (κ1) is 17.0. The van der Waals surface area contributed by atoms with E-state index in [2.05, 4.69) is 36.7 Å². The quantitative estimate of drug-likeness (QED) is 0.798. The zero-order valence-electron chi connectivity index (χ0n) is 13.4. The largest absolute Gasteiger partial charge is 0.336 e. The molecule has 0 bridgehead atoms. The number of urea groups is 1. The summed E-state index contributed by atoms with van der Waals surface area (Å²) in [5.41, 5.74) is 2.01. The standard InChI is InChI=1S/C16H25N3O2/c1-11(2)18-15(21)17-10-14(20)19-13-8-6-12(7-9-13)16(3,4)5/h6-9,11H,10H2,1-5H3,(H,19,20)(H2,17,18,21). The molecule has 0 atom stereocenters. The molecule has 0 aromatic heterocycles. The van der Waals surface area contributed by atoms with E-state index in [0.717, 1.165) is 5.69 Å². The molecule has 0 radical (unpaired) electrons. The van der Waals surface area contributed by atoms with Crippen molar-refractivity contribution in [2.75, 3.05) is 11.9 Å². The molecule has 1 rings (SSSR count). The summed E-state index contributed by atoms with van der Waals surface area (Å²) < 4.78 is 0. The van der Waals surface area contributed by atoms with Gasteiger partial charge in [0.1, 0.15) is 0 Å². The van der Waals surface area contributed by atoms with Crippen molar-refractivity contribution in [3.05, 3.63) is 29.8 Å². The number of carbonyl (C=O) groups excluding carboxylic acids is 2. The lowest BCUT2D eigenvalue weighted by Gasteiger charge is -2.19. The van der Waals surface area contributed by atoms with Crippen LogP contribution in [0.25, 0.3) is 0 Å². The second-order valence-electron chi connectivity index (χ2n) is 6.36. The summed E-state index contributed by atoms with van der Waals surface area (Å²) in [6, 6.07) is 7.42. The Balaban J connectivity index is 2.46. The van der Waals surface area contributed by atoms with Crippen LogP contribution in [0, 0.1) is 0 Å². The van der Waals surface area contributed by atoms with Crippen molar-refractivity contribution in [2.24, 2.45) is 0 Å². The van der Waals surface area contributed by atoms with Crippen LogP contribution in [0.2, 0.25) is 0 Å². The van der Waals surface area contributed by atoms with Gasteiger partial charge in [0, 0.05) is 11.7 Å². The third kappa shape index (κ3) is 6.29. The summed E-state index contributed by atoms with van der Waals surface area (Å²) in [6.07, 6.45) is 0. The Kier molecular flexibility index (Phi) is 5.76. The minimum Gasteiger partial charge on any atom is -0.336 e. The molecule has 21 heavy (non-hydrogen) atoms. The molecule has 0 saturated heterocycles. The van der Waals surface area contributed by atoms with Crippen molar-refractivity contribution in [2.45, 2.75) is 46.1 Å². The fourth-order valence-corrected chi connectivity index (χ4v) is 1.73. The zero-order valence-corrected chi connectivity index (χ0v) is 13.4. The molecule has 5 nitrogen and oxygen atoms in total. The molecule has 0 spiro atoms. The van der Waals surface area contributed by atoms with E-state index < -0.39 is 0 Å². The van der Waals surface area contributed by atoms with Crippen molar-refractivity contribution in [1.82, 2.24) is 10.6 Å². The number of nitrogens with one attached hydrogen (secondary N) is 3. The Labute approximate surface area is 126 Å². The van der Waals surface area contributed by atoms with E-state index in [1.165, 1.54) is 5.56 Å². The SMILES string of the molecule is CC(C)NC(=O)NCC(=O)Nc1ccc(C(C)(C)C)cc1. The zero-order chi connectivity index (χ0) is 16.0. The molecule has 0 fully saturated rings. The van der Waals surface area contributed by atoms with Gasteiger partial charge >= 0.3 is 6.03 Å². The number of amides is 3. The number of carbonyl (C=O) groups is 2. The van der Waals surface area contributed by atoms with Crippen molar-refractivity contribution in [3.8, 4) is 0 Å². The van der Waals surface area contributed by atoms with Gasteiger partial charge in [-0.1, -0.05) is 32.9 Å². The maximum Gasteiger partial charge on any atom is 0.315 e. The van der Waals surface area contributed by atoms with Crippen LogP contribution in [-0.2, 0) is 10.2 Å². The lowest BCUT2D eigenvalue weighted by molar-refractivity contribution is -0.115. The molecule has 0 aliphatic rings. The van der Waals surface area contributed by atoms with Gasteiger partial charge in [-0.2, -0.15) is 0 Å². The second-order valence-corrected chi connectivity index (χ2v) is 6.36. The molecule has 1 aromatic rings. The third-order valence-corrected chi connectivity index (χ3v) is 2.86. The Morgan fingerprint density at radius 1 is 1.10 bits per heavy atom. The number of anilines is 1. The first-order valence-corrected chi connectivity index (χ1v) is 7.13. The predicted octanol–water partition coefficient (Wildman–Crippen LogP) is 2.63. The predicted molar refractivity (Wildman–Crippen MR) is 85.4 cm³/mol. The molecule has 3 N–H and O–H groups in total. The fourth-order valence-electron chi connectivity index (χ4n) is 1.73. The molecular formula is C16H25N3O2. The lowest BCUT2D eigenvalue weighted by atomic mass is 9.87. The maximum atomic E-state index is 11.7. The van der Waals surface area contributed by atoms with E-state index in [0.29, 0.717) is 0 Å². The summed E-state index contributed by atoms with van der Waals surface area (Å²) in [6.45, 7) is 10.1. The molecule has 116 valence electrons. The average molecular weight is 291 g/mol. The number of benzene rings is 1. The van der Waals surface area contributed by atoms with E-state index in [1.54, 1.807) is 0 Å². The highest BCUT2D eigenvalue weighted by atomic mass is 16.2. The molecule has 0 saturated carbocycles. The summed E-state index contributed by atoms with van der Waals surface area (Å²) >= 11 is 0. The monoisotopic (exact) mass is 291 g/mol. The fraction of sp³-hybridized carbons (Fsp3) is 0.500. The third-order valence-electron chi connectivity index (χ3n) is 2.86. The highest BCUT2D eigenvalue weighted by Crippen LogP contribution is 2.23. The average Bonchev–Trinajstić information content (AvgIpc) is 2.35. The number of hydrogen-bond acceptors (Lipinski definition) is 2. The summed E-state index contributed by atoms with van der Waals surface area (Å²) in [5, 5.41) is 7.91. The van der Waals surface area contributed by atoms with Crippen LogP contribution in [0.1, 0.15) is 40.2 Å². The van der Waals surface area contributed by atoms with Crippen LogP contribution in [0.3, 0.4) is 0 Å². The van der Waals surface area contributed by atoms with Gasteiger partial charge in [0.15, 0.2) is 0 Å².